The molecule has 25 heavy (non-hydrogen) atoms. The van der Waals surface area contributed by atoms with Gasteiger partial charge in [-0.25, -0.2) is 9.97 Å². The van der Waals surface area contributed by atoms with Crippen molar-refractivity contribution in [3.63, 3.8) is 0 Å². The summed E-state index contributed by atoms with van der Waals surface area (Å²) in [6.07, 6.45) is 7.03. The standard InChI is InChI=1S/C17H17BrN6O/c1-12-22-15(9-16(23-12)24-6-2-3-7-24)20-4-5-21-17(25)13-8-14(18)11-19-10-13/h2-3,6-11H,4-5H2,1H3,(H,21,25)(H,20,22,23). The van der Waals surface area contributed by atoms with Gasteiger partial charge in [0, 0.05) is 48.4 Å². The molecule has 3 rings (SSSR count). The van der Waals surface area contributed by atoms with Gasteiger partial charge in [-0.1, -0.05) is 0 Å². The summed E-state index contributed by atoms with van der Waals surface area (Å²) >= 11 is 3.30. The Morgan fingerprint density at radius 1 is 1.16 bits per heavy atom. The molecule has 2 N–H and O–H groups in total. The number of anilines is 1. The Labute approximate surface area is 153 Å². The van der Waals surface area contributed by atoms with Gasteiger partial charge in [-0.2, -0.15) is 0 Å². The van der Waals surface area contributed by atoms with Crippen LogP contribution in [0, 0.1) is 6.92 Å². The van der Waals surface area contributed by atoms with Crippen LogP contribution >= 0.6 is 15.9 Å². The summed E-state index contributed by atoms with van der Waals surface area (Å²) in [6, 6.07) is 7.48. The number of carbonyl (C=O) groups is 1. The average Bonchev–Trinajstić information content (AvgIpc) is 3.13. The molecule has 0 fully saturated rings. The summed E-state index contributed by atoms with van der Waals surface area (Å²) in [5.41, 5.74) is 0.516. The van der Waals surface area contributed by atoms with Crippen molar-refractivity contribution in [2.45, 2.75) is 6.92 Å². The Balaban J connectivity index is 1.55. The molecule has 8 heteroatoms. The molecule has 0 aromatic carbocycles. The zero-order valence-corrected chi connectivity index (χ0v) is 15.2. The van der Waals surface area contributed by atoms with Crippen LogP contribution in [0.1, 0.15) is 16.2 Å². The Kier molecular flexibility index (Phi) is 5.39. The van der Waals surface area contributed by atoms with Crippen molar-refractivity contribution in [2.75, 3.05) is 18.4 Å². The van der Waals surface area contributed by atoms with E-state index < -0.39 is 0 Å². The number of rotatable bonds is 6. The van der Waals surface area contributed by atoms with Gasteiger partial charge in [0.25, 0.3) is 5.91 Å². The molecule has 7 nitrogen and oxygen atoms in total. The van der Waals surface area contributed by atoms with E-state index >= 15 is 0 Å². The van der Waals surface area contributed by atoms with Gasteiger partial charge in [-0.15, -0.1) is 0 Å². The van der Waals surface area contributed by atoms with E-state index in [1.165, 1.54) is 6.20 Å². The van der Waals surface area contributed by atoms with Crippen molar-refractivity contribution in [2.24, 2.45) is 0 Å². The fourth-order valence-corrected chi connectivity index (χ4v) is 2.63. The molecular formula is C17H17BrN6O. The normalized spacial score (nSPS) is 10.5. The maximum atomic E-state index is 12.0. The van der Waals surface area contributed by atoms with Crippen molar-refractivity contribution < 1.29 is 4.79 Å². The van der Waals surface area contributed by atoms with Crippen LogP contribution in [0.4, 0.5) is 5.82 Å². The van der Waals surface area contributed by atoms with Crippen LogP contribution in [0.25, 0.3) is 5.82 Å². The van der Waals surface area contributed by atoms with Gasteiger partial charge < -0.3 is 15.2 Å². The number of hydrogen-bond donors (Lipinski definition) is 2. The van der Waals surface area contributed by atoms with Crippen LogP contribution in [0.15, 0.2) is 53.5 Å². The lowest BCUT2D eigenvalue weighted by Gasteiger charge is -2.10. The van der Waals surface area contributed by atoms with E-state index in [0.717, 1.165) is 16.1 Å². The van der Waals surface area contributed by atoms with Crippen LogP contribution in [0.5, 0.6) is 0 Å². The molecule has 0 unspecified atom stereocenters. The number of amides is 1. The number of hydrogen-bond acceptors (Lipinski definition) is 5. The summed E-state index contributed by atoms with van der Waals surface area (Å²) in [5.74, 6) is 2.03. The molecule has 1 amide bonds. The predicted molar refractivity (Wildman–Crippen MR) is 98.9 cm³/mol. The molecule has 0 aliphatic heterocycles. The zero-order chi connectivity index (χ0) is 17.6. The average molecular weight is 401 g/mol. The molecular weight excluding hydrogens is 384 g/mol. The SMILES string of the molecule is Cc1nc(NCCNC(=O)c2cncc(Br)c2)cc(-n2cccc2)n1. The molecule has 128 valence electrons. The van der Waals surface area contributed by atoms with E-state index in [9.17, 15) is 4.79 Å². The minimum absolute atomic E-state index is 0.164. The monoisotopic (exact) mass is 400 g/mol. The second-order valence-corrected chi connectivity index (χ2v) is 6.24. The van der Waals surface area contributed by atoms with Crippen molar-refractivity contribution >= 4 is 27.7 Å². The van der Waals surface area contributed by atoms with E-state index in [4.69, 9.17) is 0 Å². The first-order chi connectivity index (χ1) is 12.1. The number of halogens is 1. The number of aryl methyl sites for hydroxylation is 1. The number of nitrogens with zero attached hydrogens (tertiary/aromatic N) is 4. The van der Waals surface area contributed by atoms with E-state index in [1.807, 2.05) is 42.1 Å². The lowest BCUT2D eigenvalue weighted by atomic mass is 10.3. The fraction of sp³-hybridized carbons (Fsp3) is 0.176. The van der Waals surface area contributed by atoms with E-state index in [-0.39, 0.29) is 5.91 Å². The molecule has 3 aromatic rings. The Morgan fingerprint density at radius 2 is 1.96 bits per heavy atom. The second-order valence-electron chi connectivity index (χ2n) is 5.32. The lowest BCUT2D eigenvalue weighted by Crippen LogP contribution is -2.29. The van der Waals surface area contributed by atoms with Gasteiger partial charge in [0.15, 0.2) is 0 Å². The minimum atomic E-state index is -0.164. The Bertz CT molecular complexity index is 865. The van der Waals surface area contributed by atoms with Crippen molar-refractivity contribution in [3.8, 4) is 5.82 Å². The largest absolute Gasteiger partial charge is 0.368 e. The summed E-state index contributed by atoms with van der Waals surface area (Å²) in [6.45, 7) is 2.86. The third-order valence-electron chi connectivity index (χ3n) is 3.38. The Hall–Kier alpha value is -2.74. The fourth-order valence-electron chi connectivity index (χ4n) is 2.27. The van der Waals surface area contributed by atoms with Crippen molar-refractivity contribution in [1.82, 2.24) is 24.8 Å². The van der Waals surface area contributed by atoms with Crippen molar-refractivity contribution in [1.29, 1.82) is 0 Å². The van der Waals surface area contributed by atoms with Crippen molar-refractivity contribution in [3.05, 3.63) is 64.9 Å². The summed E-state index contributed by atoms with van der Waals surface area (Å²) < 4.78 is 2.69. The highest BCUT2D eigenvalue weighted by molar-refractivity contribution is 9.10. The molecule has 0 aliphatic rings. The maximum Gasteiger partial charge on any atom is 0.252 e. The number of nitrogens with one attached hydrogen (secondary N) is 2. The van der Waals surface area contributed by atoms with Gasteiger partial charge in [-0.05, 0) is 41.1 Å². The highest BCUT2D eigenvalue weighted by atomic mass is 79.9. The summed E-state index contributed by atoms with van der Waals surface area (Å²) in [5, 5.41) is 6.04. The first kappa shape index (κ1) is 17.1. The minimum Gasteiger partial charge on any atom is -0.368 e. The number of aromatic nitrogens is 4. The Morgan fingerprint density at radius 3 is 2.72 bits per heavy atom. The van der Waals surface area contributed by atoms with E-state index in [1.54, 1.807) is 12.3 Å². The van der Waals surface area contributed by atoms with Crippen LogP contribution in [-0.4, -0.2) is 38.5 Å². The topological polar surface area (TPSA) is 84.7 Å². The quantitative estimate of drug-likeness (QED) is 0.621. The van der Waals surface area contributed by atoms with Crippen LogP contribution in [0.2, 0.25) is 0 Å². The third-order valence-corrected chi connectivity index (χ3v) is 3.81. The van der Waals surface area contributed by atoms with Gasteiger partial charge in [0.1, 0.15) is 17.5 Å². The van der Waals surface area contributed by atoms with E-state index in [0.29, 0.717) is 24.5 Å². The van der Waals surface area contributed by atoms with Gasteiger partial charge in [0.05, 0.1) is 5.56 Å². The summed E-state index contributed by atoms with van der Waals surface area (Å²) in [7, 11) is 0. The van der Waals surface area contributed by atoms with Crippen LogP contribution in [0.3, 0.4) is 0 Å². The molecule has 0 atom stereocenters. The highest BCUT2D eigenvalue weighted by Crippen LogP contribution is 2.11. The van der Waals surface area contributed by atoms with E-state index in [2.05, 4.69) is 41.5 Å². The summed E-state index contributed by atoms with van der Waals surface area (Å²) in [4.78, 5) is 24.8. The number of pyridine rings is 1. The van der Waals surface area contributed by atoms with Crippen LogP contribution in [-0.2, 0) is 0 Å². The molecule has 0 aliphatic carbocycles. The first-order valence-electron chi connectivity index (χ1n) is 7.73. The molecule has 3 aromatic heterocycles. The molecule has 0 radical (unpaired) electrons. The van der Waals surface area contributed by atoms with Gasteiger partial charge in [-0.3, -0.25) is 9.78 Å². The molecule has 0 saturated heterocycles. The first-order valence-corrected chi connectivity index (χ1v) is 8.53. The second kappa shape index (κ2) is 7.89. The zero-order valence-electron chi connectivity index (χ0n) is 13.6. The lowest BCUT2D eigenvalue weighted by molar-refractivity contribution is 0.0954. The highest BCUT2D eigenvalue weighted by Gasteiger charge is 2.06. The predicted octanol–water partition coefficient (Wildman–Crippen LogP) is 2.58. The number of carbonyl (C=O) groups excluding carboxylic acids is 1. The molecule has 3 heterocycles. The maximum absolute atomic E-state index is 12.0. The van der Waals surface area contributed by atoms with Crippen LogP contribution < -0.4 is 10.6 Å². The smallest absolute Gasteiger partial charge is 0.252 e. The third kappa shape index (κ3) is 4.63. The molecule has 0 spiro atoms. The molecule has 0 saturated carbocycles. The van der Waals surface area contributed by atoms with Gasteiger partial charge in [0.2, 0.25) is 0 Å². The van der Waals surface area contributed by atoms with Gasteiger partial charge >= 0.3 is 0 Å². The molecule has 0 bridgehead atoms.